The summed E-state index contributed by atoms with van der Waals surface area (Å²) in [5.74, 6) is -1.63. The molecule has 146 valence electrons. The summed E-state index contributed by atoms with van der Waals surface area (Å²) >= 11 is 4.32. The zero-order chi connectivity index (χ0) is 20.3. The van der Waals surface area contributed by atoms with Crippen LogP contribution in [0.4, 0.5) is 5.00 Å². The maximum Gasteiger partial charge on any atom is 0.348 e. The van der Waals surface area contributed by atoms with Crippen LogP contribution in [0.5, 0.6) is 0 Å². The Bertz CT molecular complexity index is 903. The molecule has 2 rings (SSSR count). The van der Waals surface area contributed by atoms with Crippen molar-refractivity contribution < 1.29 is 23.9 Å². The van der Waals surface area contributed by atoms with Gasteiger partial charge in [-0.25, -0.2) is 9.59 Å². The van der Waals surface area contributed by atoms with E-state index < -0.39 is 17.8 Å². The molecule has 2 heterocycles. The van der Waals surface area contributed by atoms with E-state index in [9.17, 15) is 14.4 Å². The number of anilines is 1. The van der Waals surface area contributed by atoms with Crippen LogP contribution in [0.3, 0.4) is 0 Å². The van der Waals surface area contributed by atoms with Gasteiger partial charge in [-0.3, -0.25) is 9.48 Å². The molecule has 1 amide bonds. The van der Waals surface area contributed by atoms with Crippen molar-refractivity contribution in [2.24, 2.45) is 7.05 Å². The molecule has 0 saturated carbocycles. The predicted molar refractivity (Wildman–Crippen MR) is 105 cm³/mol. The van der Waals surface area contributed by atoms with Gasteiger partial charge in [-0.1, -0.05) is 0 Å². The molecule has 1 N–H and O–H groups in total. The first-order valence-electron chi connectivity index (χ1n) is 8.20. The summed E-state index contributed by atoms with van der Waals surface area (Å²) in [5.41, 5.74) is 1.51. The maximum atomic E-state index is 12.8. The van der Waals surface area contributed by atoms with Crippen LogP contribution in [0.2, 0.25) is 0 Å². The minimum atomic E-state index is -0.614. The largest absolute Gasteiger partial charge is 0.462 e. The molecule has 0 spiro atoms. The number of thiophene rings is 1. The van der Waals surface area contributed by atoms with E-state index in [0.717, 1.165) is 11.3 Å². The van der Waals surface area contributed by atoms with Crippen molar-refractivity contribution in [2.75, 3.05) is 18.5 Å². The number of hydrogen-bond donors (Lipinski definition) is 1. The molecule has 0 bridgehead atoms. The fourth-order valence-corrected chi connectivity index (χ4v) is 4.08. The average molecular weight is 458 g/mol. The van der Waals surface area contributed by atoms with E-state index in [0.29, 0.717) is 21.4 Å². The highest BCUT2D eigenvalue weighted by molar-refractivity contribution is 9.10. The van der Waals surface area contributed by atoms with E-state index in [4.69, 9.17) is 9.47 Å². The number of carbonyl (C=O) groups excluding carboxylic acids is 3. The van der Waals surface area contributed by atoms with Crippen molar-refractivity contribution in [3.05, 3.63) is 31.9 Å². The quantitative estimate of drug-likeness (QED) is 0.666. The first-order valence-corrected chi connectivity index (χ1v) is 9.81. The zero-order valence-electron chi connectivity index (χ0n) is 15.6. The zero-order valence-corrected chi connectivity index (χ0v) is 18.0. The minimum Gasteiger partial charge on any atom is -0.462 e. The Labute approximate surface area is 169 Å². The van der Waals surface area contributed by atoms with Gasteiger partial charge >= 0.3 is 11.9 Å². The molecular weight excluding hydrogens is 438 g/mol. The smallest absolute Gasteiger partial charge is 0.348 e. The van der Waals surface area contributed by atoms with E-state index >= 15 is 0 Å². The van der Waals surface area contributed by atoms with Gasteiger partial charge in [0.25, 0.3) is 5.91 Å². The first kappa shape index (κ1) is 21.1. The van der Waals surface area contributed by atoms with Crippen LogP contribution >= 0.6 is 27.3 Å². The standard InChI is InChI=1S/C17H20BrN3O5S/c1-6-25-16(23)10-8(3)13(17(24)26-7-2)27-15(10)19-14(22)12-11(18)9(4)20-21(12)5/h6-7H2,1-5H3,(H,19,22). The van der Waals surface area contributed by atoms with Crippen molar-refractivity contribution >= 4 is 50.1 Å². The number of halogens is 1. The SMILES string of the molecule is CCOC(=O)c1sc(NC(=O)c2c(Br)c(C)nn2C)c(C(=O)OCC)c1C. The Morgan fingerprint density at radius 1 is 1.15 bits per heavy atom. The van der Waals surface area contributed by atoms with Crippen LogP contribution in [0.15, 0.2) is 4.47 Å². The highest BCUT2D eigenvalue weighted by atomic mass is 79.9. The Hall–Kier alpha value is -2.20. The molecule has 0 aliphatic rings. The third kappa shape index (κ3) is 4.22. The number of amides is 1. The number of aryl methyl sites for hydroxylation is 2. The van der Waals surface area contributed by atoms with Crippen molar-refractivity contribution in [3.63, 3.8) is 0 Å². The topological polar surface area (TPSA) is 99.5 Å². The van der Waals surface area contributed by atoms with Gasteiger partial charge in [-0.2, -0.15) is 5.10 Å². The molecule has 2 aromatic heterocycles. The van der Waals surface area contributed by atoms with Crippen LogP contribution in [0.25, 0.3) is 0 Å². The molecule has 2 aromatic rings. The second kappa shape index (κ2) is 8.66. The molecule has 27 heavy (non-hydrogen) atoms. The summed E-state index contributed by atoms with van der Waals surface area (Å²) < 4.78 is 12.1. The highest BCUT2D eigenvalue weighted by Gasteiger charge is 2.28. The number of esters is 2. The molecule has 0 saturated heterocycles. The van der Waals surface area contributed by atoms with Crippen molar-refractivity contribution in [3.8, 4) is 0 Å². The predicted octanol–water partition coefficient (Wildman–Crippen LogP) is 3.47. The Kier molecular flexibility index (Phi) is 6.77. The van der Waals surface area contributed by atoms with Crippen LogP contribution in [-0.2, 0) is 16.5 Å². The molecule has 10 heteroatoms. The summed E-state index contributed by atoms with van der Waals surface area (Å²) in [6, 6.07) is 0. The third-order valence-electron chi connectivity index (χ3n) is 3.68. The van der Waals surface area contributed by atoms with Gasteiger partial charge in [-0.15, -0.1) is 11.3 Å². The Balaban J connectivity index is 2.48. The highest BCUT2D eigenvalue weighted by Crippen LogP contribution is 2.35. The van der Waals surface area contributed by atoms with Gasteiger partial charge in [-0.05, 0) is 49.2 Å². The summed E-state index contributed by atoms with van der Waals surface area (Å²) in [4.78, 5) is 37.6. The van der Waals surface area contributed by atoms with Gasteiger partial charge < -0.3 is 14.8 Å². The third-order valence-corrected chi connectivity index (χ3v) is 5.82. The average Bonchev–Trinajstić information content (AvgIpc) is 3.04. The van der Waals surface area contributed by atoms with Gasteiger partial charge in [0.15, 0.2) is 0 Å². The lowest BCUT2D eigenvalue weighted by molar-refractivity contribution is 0.0527. The minimum absolute atomic E-state index is 0.147. The summed E-state index contributed by atoms with van der Waals surface area (Å²) in [7, 11) is 1.64. The number of carbonyl (C=O) groups is 3. The number of hydrogen-bond acceptors (Lipinski definition) is 7. The number of rotatable bonds is 6. The fraction of sp³-hybridized carbons (Fsp3) is 0.412. The molecule has 0 unspecified atom stereocenters. The van der Waals surface area contributed by atoms with Crippen molar-refractivity contribution in [1.29, 1.82) is 0 Å². The van der Waals surface area contributed by atoms with Crippen LogP contribution in [0.1, 0.15) is 55.6 Å². The fourth-order valence-electron chi connectivity index (χ4n) is 2.48. The first-order chi connectivity index (χ1) is 12.7. The summed E-state index contributed by atoms with van der Waals surface area (Å²) in [6.45, 7) is 7.13. The second-order valence-electron chi connectivity index (χ2n) is 5.53. The van der Waals surface area contributed by atoms with E-state index in [1.165, 1.54) is 4.68 Å². The van der Waals surface area contributed by atoms with Gasteiger partial charge in [0.1, 0.15) is 15.6 Å². The molecule has 0 fully saturated rings. The van der Waals surface area contributed by atoms with Crippen LogP contribution in [0, 0.1) is 13.8 Å². The summed E-state index contributed by atoms with van der Waals surface area (Å²) in [6.07, 6.45) is 0. The van der Waals surface area contributed by atoms with E-state index in [1.807, 2.05) is 0 Å². The van der Waals surface area contributed by atoms with Crippen molar-refractivity contribution in [2.45, 2.75) is 27.7 Å². The summed E-state index contributed by atoms with van der Waals surface area (Å²) in [5, 5.41) is 7.11. The Morgan fingerprint density at radius 3 is 2.26 bits per heavy atom. The molecule has 0 aromatic carbocycles. The van der Waals surface area contributed by atoms with Crippen LogP contribution < -0.4 is 5.32 Å². The molecule has 8 nitrogen and oxygen atoms in total. The van der Waals surface area contributed by atoms with Gasteiger partial charge in [0.2, 0.25) is 0 Å². The molecule has 0 aliphatic carbocycles. The molecule has 0 aliphatic heterocycles. The van der Waals surface area contributed by atoms with E-state index in [2.05, 4.69) is 26.3 Å². The monoisotopic (exact) mass is 457 g/mol. The van der Waals surface area contributed by atoms with E-state index in [1.54, 1.807) is 34.7 Å². The lowest BCUT2D eigenvalue weighted by Crippen LogP contribution is -2.18. The molecule has 0 atom stereocenters. The van der Waals surface area contributed by atoms with Crippen LogP contribution in [-0.4, -0.2) is 40.8 Å². The lowest BCUT2D eigenvalue weighted by atomic mass is 10.1. The number of ether oxygens (including phenoxy) is 2. The van der Waals surface area contributed by atoms with Gasteiger partial charge in [0, 0.05) is 7.05 Å². The van der Waals surface area contributed by atoms with E-state index in [-0.39, 0.29) is 28.7 Å². The van der Waals surface area contributed by atoms with Gasteiger partial charge in [0.05, 0.1) is 28.9 Å². The molecule has 0 radical (unpaired) electrons. The lowest BCUT2D eigenvalue weighted by Gasteiger charge is -2.07. The molecular formula is C17H20BrN3O5S. The number of nitrogens with zero attached hydrogens (tertiary/aromatic N) is 2. The van der Waals surface area contributed by atoms with Crippen molar-refractivity contribution in [1.82, 2.24) is 9.78 Å². The number of nitrogens with one attached hydrogen (secondary N) is 1. The Morgan fingerprint density at radius 2 is 1.74 bits per heavy atom. The normalized spacial score (nSPS) is 10.6. The second-order valence-corrected chi connectivity index (χ2v) is 7.34. The number of aromatic nitrogens is 2. The maximum absolute atomic E-state index is 12.8.